The maximum Gasteiger partial charge on any atom is 0.251 e. The van der Waals surface area contributed by atoms with Crippen molar-refractivity contribution in [3.05, 3.63) is 53.9 Å². The molecule has 2 aromatic rings. The number of nitrogens with two attached hydrogens (primary N) is 1. The average Bonchev–Trinajstić information content (AvgIpc) is 2.98. The van der Waals surface area contributed by atoms with Crippen molar-refractivity contribution in [2.75, 3.05) is 13.1 Å². The number of aryl methyl sites for hydroxylation is 1. The number of aromatic nitrogens is 2. The summed E-state index contributed by atoms with van der Waals surface area (Å²) in [4.78, 5) is 11.9. The number of nitrogens with zero attached hydrogens (tertiary/aromatic N) is 2. The van der Waals surface area contributed by atoms with Crippen LogP contribution in [0.2, 0.25) is 0 Å². The van der Waals surface area contributed by atoms with E-state index in [2.05, 4.69) is 10.4 Å². The predicted octanol–water partition coefficient (Wildman–Crippen LogP) is 1.20. The Kier molecular flexibility index (Phi) is 5.32. The minimum absolute atomic E-state index is 0.0373. The molecule has 1 heterocycles. The number of nitrogens with one attached hydrogen (secondary N) is 1. The predicted molar refractivity (Wildman–Crippen MR) is 78.4 cm³/mol. The highest BCUT2D eigenvalue weighted by molar-refractivity contribution is 5.94. The fourth-order valence-corrected chi connectivity index (χ4v) is 1.97. The molecule has 0 atom stereocenters. The summed E-state index contributed by atoms with van der Waals surface area (Å²) < 4.78 is 1.85. The lowest BCUT2D eigenvalue weighted by Gasteiger charge is -2.06. The molecule has 0 saturated carbocycles. The highest BCUT2D eigenvalue weighted by Gasteiger charge is 2.04. The highest BCUT2D eigenvalue weighted by Crippen LogP contribution is 2.04. The first-order valence-corrected chi connectivity index (χ1v) is 6.84. The Hall–Kier alpha value is -2.14. The van der Waals surface area contributed by atoms with Gasteiger partial charge in [-0.25, -0.2) is 0 Å². The molecule has 20 heavy (non-hydrogen) atoms. The summed E-state index contributed by atoms with van der Waals surface area (Å²) in [5.74, 6) is -0.0373. The fourth-order valence-electron chi connectivity index (χ4n) is 1.97. The van der Waals surface area contributed by atoms with E-state index in [0.717, 1.165) is 24.9 Å². The quantitative estimate of drug-likeness (QED) is 0.744. The van der Waals surface area contributed by atoms with Gasteiger partial charge in [0.2, 0.25) is 0 Å². The molecule has 2 rings (SSSR count). The van der Waals surface area contributed by atoms with Crippen LogP contribution in [0.25, 0.3) is 0 Å². The van der Waals surface area contributed by atoms with Gasteiger partial charge in [0.1, 0.15) is 0 Å². The Morgan fingerprint density at radius 2 is 2.10 bits per heavy atom. The van der Waals surface area contributed by atoms with Gasteiger partial charge < -0.3 is 11.1 Å². The molecule has 0 radical (unpaired) electrons. The van der Waals surface area contributed by atoms with Gasteiger partial charge in [-0.15, -0.1) is 0 Å². The maximum absolute atomic E-state index is 11.9. The van der Waals surface area contributed by atoms with Crippen molar-refractivity contribution < 1.29 is 4.79 Å². The van der Waals surface area contributed by atoms with E-state index in [1.54, 1.807) is 6.20 Å². The van der Waals surface area contributed by atoms with Crippen molar-refractivity contribution in [3.8, 4) is 0 Å². The molecule has 0 spiro atoms. The van der Waals surface area contributed by atoms with Crippen molar-refractivity contribution in [3.63, 3.8) is 0 Å². The van der Waals surface area contributed by atoms with E-state index in [-0.39, 0.29) is 5.91 Å². The molecule has 0 aliphatic rings. The third-order valence-electron chi connectivity index (χ3n) is 3.06. The molecule has 1 amide bonds. The van der Waals surface area contributed by atoms with Crippen LogP contribution in [0.4, 0.5) is 0 Å². The van der Waals surface area contributed by atoms with Crippen LogP contribution in [0, 0.1) is 0 Å². The van der Waals surface area contributed by atoms with Crippen LogP contribution in [0.5, 0.6) is 0 Å². The zero-order valence-electron chi connectivity index (χ0n) is 11.5. The molecule has 1 aromatic carbocycles. The smallest absolute Gasteiger partial charge is 0.251 e. The minimum Gasteiger partial charge on any atom is -0.352 e. The number of hydrogen-bond acceptors (Lipinski definition) is 3. The standard InChI is InChI=1S/C15H20N4O/c16-8-7-13-3-5-14(6-4-13)15(20)17-9-1-11-19-12-2-10-18-19/h2-6,10,12H,1,7-9,11,16H2,(H,17,20). The van der Waals surface area contributed by atoms with Gasteiger partial charge in [-0.2, -0.15) is 5.10 Å². The number of amides is 1. The summed E-state index contributed by atoms with van der Waals surface area (Å²) in [6.07, 6.45) is 5.36. The number of benzene rings is 1. The highest BCUT2D eigenvalue weighted by atomic mass is 16.1. The zero-order chi connectivity index (χ0) is 14.2. The van der Waals surface area contributed by atoms with Gasteiger partial charge in [0.15, 0.2) is 0 Å². The molecular formula is C15H20N4O. The van der Waals surface area contributed by atoms with Crippen molar-refractivity contribution >= 4 is 5.91 Å². The monoisotopic (exact) mass is 272 g/mol. The van der Waals surface area contributed by atoms with E-state index in [4.69, 9.17) is 5.73 Å². The first kappa shape index (κ1) is 14.3. The molecule has 106 valence electrons. The van der Waals surface area contributed by atoms with Gasteiger partial charge in [-0.05, 0) is 43.1 Å². The van der Waals surface area contributed by atoms with Crippen molar-refractivity contribution in [1.29, 1.82) is 0 Å². The SMILES string of the molecule is NCCc1ccc(C(=O)NCCCn2cccn2)cc1. The van der Waals surface area contributed by atoms with E-state index >= 15 is 0 Å². The Morgan fingerprint density at radius 1 is 1.30 bits per heavy atom. The van der Waals surface area contributed by atoms with Gasteiger partial charge in [-0.1, -0.05) is 12.1 Å². The Bertz CT molecular complexity index is 519. The Balaban J connectivity index is 1.73. The van der Waals surface area contributed by atoms with E-state index < -0.39 is 0 Å². The first-order valence-electron chi connectivity index (χ1n) is 6.84. The molecule has 5 nitrogen and oxygen atoms in total. The average molecular weight is 272 g/mol. The lowest BCUT2D eigenvalue weighted by atomic mass is 10.1. The lowest BCUT2D eigenvalue weighted by Crippen LogP contribution is -2.25. The molecule has 0 aliphatic carbocycles. The summed E-state index contributed by atoms with van der Waals surface area (Å²) in [6.45, 7) is 2.07. The summed E-state index contributed by atoms with van der Waals surface area (Å²) in [6, 6.07) is 9.47. The summed E-state index contributed by atoms with van der Waals surface area (Å²) in [7, 11) is 0. The second kappa shape index (κ2) is 7.45. The van der Waals surface area contributed by atoms with Gasteiger partial charge in [0.05, 0.1) is 0 Å². The Morgan fingerprint density at radius 3 is 2.75 bits per heavy atom. The number of hydrogen-bond donors (Lipinski definition) is 2. The van der Waals surface area contributed by atoms with Crippen LogP contribution >= 0.6 is 0 Å². The number of carbonyl (C=O) groups is 1. The molecule has 0 bridgehead atoms. The molecule has 1 aromatic heterocycles. The van der Waals surface area contributed by atoms with Crippen LogP contribution in [-0.2, 0) is 13.0 Å². The van der Waals surface area contributed by atoms with Crippen LogP contribution in [0.15, 0.2) is 42.7 Å². The van der Waals surface area contributed by atoms with Gasteiger partial charge >= 0.3 is 0 Å². The second-order valence-corrected chi connectivity index (χ2v) is 4.61. The summed E-state index contributed by atoms with van der Waals surface area (Å²) in [5.41, 5.74) is 7.33. The molecule has 0 aliphatic heterocycles. The zero-order valence-corrected chi connectivity index (χ0v) is 11.5. The topological polar surface area (TPSA) is 72.9 Å². The minimum atomic E-state index is -0.0373. The summed E-state index contributed by atoms with van der Waals surface area (Å²) in [5, 5.41) is 7.02. The van der Waals surface area contributed by atoms with E-state index in [1.165, 1.54) is 0 Å². The Labute approximate surface area is 118 Å². The van der Waals surface area contributed by atoms with E-state index in [1.807, 2.05) is 41.2 Å². The fraction of sp³-hybridized carbons (Fsp3) is 0.333. The van der Waals surface area contributed by atoms with E-state index in [9.17, 15) is 4.79 Å². The van der Waals surface area contributed by atoms with Crippen LogP contribution in [-0.4, -0.2) is 28.8 Å². The number of carbonyl (C=O) groups excluding carboxylic acids is 1. The van der Waals surface area contributed by atoms with Crippen molar-refractivity contribution in [1.82, 2.24) is 15.1 Å². The maximum atomic E-state index is 11.9. The first-order chi connectivity index (χ1) is 9.79. The molecule has 5 heteroatoms. The summed E-state index contributed by atoms with van der Waals surface area (Å²) >= 11 is 0. The number of rotatable bonds is 7. The second-order valence-electron chi connectivity index (χ2n) is 4.61. The van der Waals surface area contributed by atoms with Crippen LogP contribution in [0.3, 0.4) is 0 Å². The van der Waals surface area contributed by atoms with Gasteiger partial charge in [-0.3, -0.25) is 9.48 Å². The van der Waals surface area contributed by atoms with Crippen molar-refractivity contribution in [2.24, 2.45) is 5.73 Å². The van der Waals surface area contributed by atoms with Crippen LogP contribution < -0.4 is 11.1 Å². The van der Waals surface area contributed by atoms with Gasteiger partial charge in [0.25, 0.3) is 5.91 Å². The van der Waals surface area contributed by atoms with Crippen molar-refractivity contribution in [2.45, 2.75) is 19.4 Å². The molecular weight excluding hydrogens is 252 g/mol. The van der Waals surface area contributed by atoms with Crippen LogP contribution in [0.1, 0.15) is 22.3 Å². The van der Waals surface area contributed by atoms with Gasteiger partial charge in [0, 0.05) is 31.0 Å². The third kappa shape index (κ3) is 4.20. The third-order valence-corrected chi connectivity index (χ3v) is 3.06. The normalized spacial score (nSPS) is 10.4. The molecule has 0 unspecified atom stereocenters. The molecule has 0 saturated heterocycles. The molecule has 3 N–H and O–H groups in total. The largest absolute Gasteiger partial charge is 0.352 e. The lowest BCUT2D eigenvalue weighted by molar-refractivity contribution is 0.0952. The molecule has 0 fully saturated rings. The van der Waals surface area contributed by atoms with E-state index in [0.29, 0.717) is 18.7 Å².